The maximum atomic E-state index is 12.4. The molecule has 1 saturated carbocycles. The first-order valence-electron chi connectivity index (χ1n) is 8.26. The number of nitrogens with one attached hydrogen (secondary N) is 1. The maximum absolute atomic E-state index is 12.4. The number of nitrogens with zero attached hydrogens (tertiary/aromatic N) is 1. The molecule has 0 radical (unpaired) electrons. The molecule has 0 atom stereocenters. The number of anilines is 1. The highest BCUT2D eigenvalue weighted by atomic mass is 16.2. The molecule has 0 spiro atoms. The second-order valence-corrected chi connectivity index (χ2v) is 6.55. The maximum Gasteiger partial charge on any atom is 0.238 e. The van der Waals surface area contributed by atoms with Crippen molar-refractivity contribution in [1.82, 2.24) is 4.90 Å². The van der Waals surface area contributed by atoms with Gasteiger partial charge in [-0.05, 0) is 55.5 Å². The van der Waals surface area contributed by atoms with E-state index in [-0.39, 0.29) is 5.91 Å². The van der Waals surface area contributed by atoms with E-state index in [0.717, 1.165) is 12.2 Å². The van der Waals surface area contributed by atoms with Crippen LogP contribution in [0.2, 0.25) is 0 Å². The quantitative estimate of drug-likeness (QED) is 0.877. The molecule has 1 aliphatic carbocycles. The molecule has 1 N–H and O–H groups in total. The highest BCUT2D eigenvalue weighted by Crippen LogP contribution is 2.28. The SMILES string of the molecule is Cc1cc(C)cc(NC(=O)CN(Cc2ccccc2)C2CC2)c1. The molecule has 0 unspecified atom stereocenters. The molecule has 1 aliphatic rings. The second-order valence-electron chi connectivity index (χ2n) is 6.55. The normalized spacial score (nSPS) is 14.0. The molecule has 2 aromatic rings. The topological polar surface area (TPSA) is 32.3 Å². The van der Waals surface area contributed by atoms with E-state index in [1.54, 1.807) is 0 Å². The van der Waals surface area contributed by atoms with E-state index in [4.69, 9.17) is 0 Å². The van der Waals surface area contributed by atoms with Crippen LogP contribution in [0.15, 0.2) is 48.5 Å². The van der Waals surface area contributed by atoms with Crippen LogP contribution >= 0.6 is 0 Å². The van der Waals surface area contributed by atoms with E-state index in [1.807, 2.05) is 18.2 Å². The van der Waals surface area contributed by atoms with Crippen molar-refractivity contribution in [3.05, 3.63) is 65.2 Å². The largest absolute Gasteiger partial charge is 0.325 e. The Kier molecular flexibility index (Phi) is 4.77. The molecule has 2 aromatic carbocycles. The van der Waals surface area contributed by atoms with Crippen molar-refractivity contribution in [1.29, 1.82) is 0 Å². The lowest BCUT2D eigenvalue weighted by atomic mass is 10.1. The molecule has 0 aromatic heterocycles. The molecule has 0 aliphatic heterocycles. The number of carbonyl (C=O) groups is 1. The second kappa shape index (κ2) is 6.97. The number of hydrogen-bond acceptors (Lipinski definition) is 2. The average Bonchev–Trinajstić information content (AvgIpc) is 3.31. The van der Waals surface area contributed by atoms with Crippen LogP contribution in [0.4, 0.5) is 5.69 Å². The van der Waals surface area contributed by atoms with Gasteiger partial charge in [0.15, 0.2) is 0 Å². The summed E-state index contributed by atoms with van der Waals surface area (Å²) in [4.78, 5) is 14.7. The summed E-state index contributed by atoms with van der Waals surface area (Å²) >= 11 is 0. The van der Waals surface area contributed by atoms with E-state index in [0.29, 0.717) is 12.6 Å². The summed E-state index contributed by atoms with van der Waals surface area (Å²) in [5.41, 5.74) is 4.49. The lowest BCUT2D eigenvalue weighted by Gasteiger charge is -2.21. The van der Waals surface area contributed by atoms with Crippen LogP contribution in [0, 0.1) is 13.8 Å². The summed E-state index contributed by atoms with van der Waals surface area (Å²) in [6, 6.07) is 17.1. The summed E-state index contributed by atoms with van der Waals surface area (Å²) in [6.45, 7) is 5.39. The predicted molar refractivity (Wildman–Crippen MR) is 94.4 cm³/mol. The number of rotatable bonds is 6. The fourth-order valence-electron chi connectivity index (χ4n) is 3.00. The van der Waals surface area contributed by atoms with Gasteiger partial charge in [-0.3, -0.25) is 9.69 Å². The third-order valence-electron chi connectivity index (χ3n) is 4.14. The summed E-state index contributed by atoms with van der Waals surface area (Å²) in [6.07, 6.45) is 2.40. The van der Waals surface area contributed by atoms with Crippen LogP contribution in [0.5, 0.6) is 0 Å². The van der Waals surface area contributed by atoms with Crippen molar-refractivity contribution in [3.8, 4) is 0 Å². The van der Waals surface area contributed by atoms with Crippen molar-refractivity contribution in [2.24, 2.45) is 0 Å². The van der Waals surface area contributed by atoms with Crippen LogP contribution < -0.4 is 5.32 Å². The Morgan fingerprint density at radius 3 is 2.35 bits per heavy atom. The van der Waals surface area contributed by atoms with E-state index >= 15 is 0 Å². The third kappa shape index (κ3) is 4.67. The summed E-state index contributed by atoms with van der Waals surface area (Å²) in [5, 5.41) is 3.04. The van der Waals surface area contributed by atoms with Gasteiger partial charge in [-0.1, -0.05) is 36.4 Å². The Labute approximate surface area is 138 Å². The monoisotopic (exact) mass is 308 g/mol. The summed E-state index contributed by atoms with van der Waals surface area (Å²) in [5.74, 6) is 0.0674. The van der Waals surface area contributed by atoms with E-state index in [9.17, 15) is 4.79 Å². The van der Waals surface area contributed by atoms with Gasteiger partial charge in [0.2, 0.25) is 5.91 Å². The standard InChI is InChI=1S/C20H24N2O/c1-15-10-16(2)12-18(11-15)21-20(23)14-22(19-8-9-19)13-17-6-4-3-5-7-17/h3-7,10-12,19H,8-9,13-14H2,1-2H3,(H,21,23). The van der Waals surface area contributed by atoms with E-state index in [1.165, 1.54) is 29.5 Å². The van der Waals surface area contributed by atoms with Gasteiger partial charge in [0.05, 0.1) is 6.54 Å². The fourth-order valence-corrected chi connectivity index (χ4v) is 3.00. The Morgan fingerprint density at radius 1 is 1.09 bits per heavy atom. The van der Waals surface area contributed by atoms with Crippen LogP contribution in [-0.2, 0) is 11.3 Å². The molecular weight excluding hydrogens is 284 g/mol. The van der Waals surface area contributed by atoms with Gasteiger partial charge in [0.1, 0.15) is 0 Å². The highest BCUT2D eigenvalue weighted by Gasteiger charge is 2.30. The molecule has 23 heavy (non-hydrogen) atoms. The van der Waals surface area contributed by atoms with Crippen LogP contribution in [0.3, 0.4) is 0 Å². The van der Waals surface area contributed by atoms with Gasteiger partial charge in [0, 0.05) is 18.3 Å². The Morgan fingerprint density at radius 2 is 1.74 bits per heavy atom. The summed E-state index contributed by atoms with van der Waals surface area (Å²) < 4.78 is 0. The Bertz CT molecular complexity index is 657. The van der Waals surface area contributed by atoms with E-state index < -0.39 is 0 Å². The molecule has 1 amide bonds. The van der Waals surface area contributed by atoms with Gasteiger partial charge in [-0.25, -0.2) is 0 Å². The molecule has 3 heteroatoms. The zero-order chi connectivity index (χ0) is 16.2. The van der Waals surface area contributed by atoms with Gasteiger partial charge in [-0.15, -0.1) is 0 Å². The van der Waals surface area contributed by atoms with Gasteiger partial charge >= 0.3 is 0 Å². The smallest absolute Gasteiger partial charge is 0.238 e. The molecule has 3 rings (SSSR count). The van der Waals surface area contributed by atoms with Crippen molar-refractivity contribution < 1.29 is 4.79 Å². The zero-order valence-electron chi connectivity index (χ0n) is 13.9. The van der Waals surface area contributed by atoms with Crippen molar-refractivity contribution >= 4 is 11.6 Å². The van der Waals surface area contributed by atoms with Crippen molar-refractivity contribution in [3.63, 3.8) is 0 Å². The molecule has 1 fully saturated rings. The minimum atomic E-state index is 0.0674. The molecule has 3 nitrogen and oxygen atoms in total. The lowest BCUT2D eigenvalue weighted by Crippen LogP contribution is -2.34. The van der Waals surface area contributed by atoms with Gasteiger partial charge < -0.3 is 5.32 Å². The van der Waals surface area contributed by atoms with E-state index in [2.05, 4.69) is 54.4 Å². The van der Waals surface area contributed by atoms with Crippen LogP contribution in [0.25, 0.3) is 0 Å². The van der Waals surface area contributed by atoms with Crippen molar-refractivity contribution in [2.75, 3.05) is 11.9 Å². The first kappa shape index (κ1) is 15.8. The highest BCUT2D eigenvalue weighted by molar-refractivity contribution is 5.92. The predicted octanol–water partition coefficient (Wildman–Crippen LogP) is 3.91. The lowest BCUT2D eigenvalue weighted by molar-refractivity contribution is -0.117. The molecular formula is C20H24N2O. The first-order chi connectivity index (χ1) is 11.1. The van der Waals surface area contributed by atoms with Crippen LogP contribution in [-0.4, -0.2) is 23.4 Å². The zero-order valence-corrected chi connectivity index (χ0v) is 13.9. The van der Waals surface area contributed by atoms with Crippen LogP contribution in [0.1, 0.15) is 29.5 Å². The molecule has 0 saturated heterocycles. The number of amides is 1. The first-order valence-corrected chi connectivity index (χ1v) is 8.26. The number of carbonyl (C=O) groups excluding carboxylic acids is 1. The third-order valence-corrected chi connectivity index (χ3v) is 4.14. The number of aryl methyl sites for hydroxylation is 2. The number of hydrogen-bond donors (Lipinski definition) is 1. The fraction of sp³-hybridized carbons (Fsp3) is 0.350. The van der Waals surface area contributed by atoms with Crippen molar-refractivity contribution in [2.45, 2.75) is 39.3 Å². The Balaban J connectivity index is 1.62. The Hall–Kier alpha value is -2.13. The number of benzene rings is 2. The minimum Gasteiger partial charge on any atom is -0.325 e. The molecule has 0 bridgehead atoms. The molecule has 120 valence electrons. The average molecular weight is 308 g/mol. The summed E-state index contributed by atoms with van der Waals surface area (Å²) in [7, 11) is 0. The van der Waals surface area contributed by atoms with Gasteiger partial charge in [0.25, 0.3) is 0 Å². The van der Waals surface area contributed by atoms with Gasteiger partial charge in [-0.2, -0.15) is 0 Å². The minimum absolute atomic E-state index is 0.0674. The molecule has 0 heterocycles.